The molecular formula is C18H34O. The predicted molar refractivity (Wildman–Crippen MR) is 86.1 cm³/mol. The number of unbranched alkanes of at least 4 members (excludes halogenated alkanes) is 6. The van der Waals surface area contributed by atoms with Gasteiger partial charge in [-0.15, -0.1) is 0 Å². The van der Waals surface area contributed by atoms with Crippen LogP contribution in [0.2, 0.25) is 0 Å². The predicted octanol–water partition coefficient (Wildman–Crippen LogP) is 6.75. The van der Waals surface area contributed by atoms with Gasteiger partial charge in [0.2, 0.25) is 0 Å². The Hall–Kier alpha value is -0.720. The Morgan fingerprint density at radius 2 is 1.11 bits per heavy atom. The fourth-order valence-electron chi connectivity index (χ4n) is 2.05. The lowest BCUT2D eigenvalue weighted by Crippen LogP contribution is -1.83. The van der Waals surface area contributed by atoms with E-state index in [4.69, 9.17) is 4.74 Å². The second kappa shape index (κ2) is 13.7. The maximum absolute atomic E-state index is 5.55. The molecule has 0 bridgehead atoms. The molecule has 0 radical (unpaired) electrons. The first-order chi connectivity index (χ1) is 9.20. The smallest absolute Gasteiger partial charge is 0.0890 e. The van der Waals surface area contributed by atoms with Crippen LogP contribution in [0, 0.1) is 0 Å². The van der Waals surface area contributed by atoms with Gasteiger partial charge in [0.25, 0.3) is 0 Å². The number of ether oxygens (including phenoxy) is 1. The highest BCUT2D eigenvalue weighted by Crippen LogP contribution is 2.12. The van der Waals surface area contributed by atoms with Crippen LogP contribution in [0.5, 0.6) is 0 Å². The van der Waals surface area contributed by atoms with Crippen LogP contribution in [-0.4, -0.2) is 0 Å². The monoisotopic (exact) mass is 266 g/mol. The Kier molecular flexibility index (Phi) is 13.2. The Morgan fingerprint density at radius 1 is 0.684 bits per heavy atom. The number of hydrogen-bond donors (Lipinski definition) is 0. The molecule has 0 atom stereocenters. The van der Waals surface area contributed by atoms with Crippen molar-refractivity contribution in [1.82, 2.24) is 0 Å². The third-order valence-corrected chi connectivity index (χ3v) is 3.39. The van der Waals surface area contributed by atoms with E-state index in [2.05, 4.69) is 27.7 Å². The summed E-state index contributed by atoms with van der Waals surface area (Å²) in [5, 5.41) is 0. The lowest BCUT2D eigenvalue weighted by Gasteiger charge is -2.03. The summed E-state index contributed by atoms with van der Waals surface area (Å²) >= 11 is 0. The molecule has 0 aromatic rings. The quantitative estimate of drug-likeness (QED) is 0.280. The third kappa shape index (κ3) is 13.5. The van der Waals surface area contributed by atoms with Gasteiger partial charge in [0.1, 0.15) is 0 Å². The summed E-state index contributed by atoms with van der Waals surface area (Å²) < 4.78 is 5.55. The van der Waals surface area contributed by atoms with Gasteiger partial charge in [0, 0.05) is 0 Å². The summed E-state index contributed by atoms with van der Waals surface area (Å²) in [6.45, 7) is 8.83. The molecule has 0 aliphatic rings. The molecule has 0 aliphatic heterocycles. The van der Waals surface area contributed by atoms with E-state index in [9.17, 15) is 0 Å². The van der Waals surface area contributed by atoms with Gasteiger partial charge in [-0.3, -0.25) is 0 Å². The van der Waals surface area contributed by atoms with Crippen molar-refractivity contribution in [2.24, 2.45) is 0 Å². The van der Waals surface area contributed by atoms with E-state index in [1.54, 1.807) is 0 Å². The van der Waals surface area contributed by atoms with Crippen LogP contribution < -0.4 is 0 Å². The molecule has 0 aromatic carbocycles. The van der Waals surface area contributed by atoms with Gasteiger partial charge in [-0.1, -0.05) is 52.4 Å². The zero-order chi connectivity index (χ0) is 14.3. The van der Waals surface area contributed by atoms with Crippen molar-refractivity contribution < 1.29 is 4.74 Å². The first kappa shape index (κ1) is 18.3. The van der Waals surface area contributed by atoms with Crippen LogP contribution in [0.1, 0.15) is 91.9 Å². The molecule has 0 heterocycles. The summed E-state index contributed by atoms with van der Waals surface area (Å²) in [6.07, 6.45) is 16.8. The van der Waals surface area contributed by atoms with Gasteiger partial charge in [-0.05, 0) is 50.7 Å². The zero-order valence-corrected chi connectivity index (χ0v) is 13.6. The summed E-state index contributed by atoms with van der Waals surface area (Å²) in [5.41, 5.74) is 2.71. The number of hydrogen-bond acceptors (Lipinski definition) is 1. The largest absolute Gasteiger partial charge is 0.473 e. The van der Waals surface area contributed by atoms with E-state index in [0.29, 0.717) is 0 Å². The van der Waals surface area contributed by atoms with Crippen molar-refractivity contribution in [3.8, 4) is 0 Å². The normalized spacial score (nSPS) is 12.8. The Bertz CT molecular complexity index is 224. The first-order valence-corrected chi connectivity index (χ1v) is 8.17. The van der Waals surface area contributed by atoms with E-state index < -0.39 is 0 Å². The van der Waals surface area contributed by atoms with Gasteiger partial charge in [-0.25, -0.2) is 0 Å². The van der Waals surface area contributed by atoms with Crippen molar-refractivity contribution in [3.05, 3.63) is 23.7 Å². The molecule has 0 N–H and O–H groups in total. The van der Waals surface area contributed by atoms with Crippen LogP contribution >= 0.6 is 0 Å². The average molecular weight is 266 g/mol. The highest BCUT2D eigenvalue weighted by Gasteiger charge is 1.93. The minimum absolute atomic E-state index is 1.17. The van der Waals surface area contributed by atoms with Gasteiger partial charge in [-0.2, -0.15) is 0 Å². The van der Waals surface area contributed by atoms with Crippen LogP contribution in [0.15, 0.2) is 23.7 Å². The summed E-state index contributed by atoms with van der Waals surface area (Å²) in [5.74, 6) is 0. The fraction of sp³-hybridized carbons (Fsp3) is 0.778. The number of rotatable bonds is 12. The minimum atomic E-state index is 1.17. The Balaban J connectivity index is 3.65. The minimum Gasteiger partial charge on any atom is -0.473 e. The Labute approximate surface area is 121 Å². The third-order valence-electron chi connectivity index (χ3n) is 3.39. The van der Waals surface area contributed by atoms with Crippen LogP contribution in [0.25, 0.3) is 0 Å². The molecule has 19 heavy (non-hydrogen) atoms. The van der Waals surface area contributed by atoms with Crippen molar-refractivity contribution in [3.63, 3.8) is 0 Å². The topological polar surface area (TPSA) is 9.23 Å². The molecule has 0 fully saturated rings. The first-order valence-electron chi connectivity index (χ1n) is 8.17. The summed E-state index contributed by atoms with van der Waals surface area (Å²) in [7, 11) is 0. The van der Waals surface area contributed by atoms with Crippen molar-refractivity contribution >= 4 is 0 Å². The van der Waals surface area contributed by atoms with E-state index >= 15 is 0 Å². The van der Waals surface area contributed by atoms with Gasteiger partial charge < -0.3 is 4.74 Å². The molecule has 0 unspecified atom stereocenters. The van der Waals surface area contributed by atoms with Crippen molar-refractivity contribution in [2.45, 2.75) is 91.9 Å². The SMILES string of the molecule is CCCCCCC(C)=COC=C(C)CCCCCC. The molecule has 1 nitrogen and oxygen atoms in total. The maximum Gasteiger partial charge on any atom is 0.0890 e. The van der Waals surface area contributed by atoms with Crippen LogP contribution in [0.4, 0.5) is 0 Å². The van der Waals surface area contributed by atoms with Crippen LogP contribution in [0.3, 0.4) is 0 Å². The molecule has 0 saturated heterocycles. The fourth-order valence-corrected chi connectivity index (χ4v) is 2.05. The second-order valence-corrected chi connectivity index (χ2v) is 5.69. The van der Waals surface area contributed by atoms with Gasteiger partial charge in [0.05, 0.1) is 12.5 Å². The highest BCUT2D eigenvalue weighted by molar-refractivity contribution is 4.97. The van der Waals surface area contributed by atoms with Gasteiger partial charge in [0.15, 0.2) is 0 Å². The molecule has 0 spiro atoms. The molecule has 0 saturated carbocycles. The highest BCUT2D eigenvalue weighted by atomic mass is 16.5. The average Bonchev–Trinajstić information content (AvgIpc) is 2.40. The Morgan fingerprint density at radius 3 is 1.47 bits per heavy atom. The molecule has 112 valence electrons. The van der Waals surface area contributed by atoms with Crippen LogP contribution in [-0.2, 0) is 4.74 Å². The number of allylic oxidation sites excluding steroid dienone is 2. The molecular weight excluding hydrogens is 232 g/mol. The van der Waals surface area contributed by atoms with Gasteiger partial charge >= 0.3 is 0 Å². The molecule has 0 aliphatic carbocycles. The molecule has 0 aromatic heterocycles. The lowest BCUT2D eigenvalue weighted by atomic mass is 10.1. The van der Waals surface area contributed by atoms with Crippen molar-refractivity contribution in [1.29, 1.82) is 0 Å². The molecule has 0 rings (SSSR count). The second-order valence-electron chi connectivity index (χ2n) is 5.69. The standard InChI is InChI=1S/C18H34O/c1-5-7-9-11-13-17(3)15-19-16-18(4)14-12-10-8-6-2/h15-16H,5-14H2,1-4H3. The lowest BCUT2D eigenvalue weighted by molar-refractivity contribution is 0.388. The summed E-state index contributed by atoms with van der Waals surface area (Å²) in [6, 6.07) is 0. The maximum atomic E-state index is 5.55. The zero-order valence-electron chi connectivity index (χ0n) is 13.6. The van der Waals surface area contributed by atoms with E-state index in [0.717, 1.165) is 0 Å². The molecule has 1 heteroatoms. The van der Waals surface area contributed by atoms with E-state index in [-0.39, 0.29) is 0 Å². The summed E-state index contributed by atoms with van der Waals surface area (Å²) in [4.78, 5) is 0. The van der Waals surface area contributed by atoms with E-state index in [1.165, 1.54) is 75.4 Å². The van der Waals surface area contributed by atoms with Crippen molar-refractivity contribution in [2.75, 3.05) is 0 Å². The van der Waals surface area contributed by atoms with E-state index in [1.807, 2.05) is 12.5 Å². The molecule has 0 amide bonds.